The Morgan fingerprint density at radius 1 is 1.07 bits per heavy atom. The SMILES string of the molecule is CCNc1cc2ncnc(NCc3ccccc3NCCCCO)c2cc1[N+](=O)[O-]. The summed E-state index contributed by atoms with van der Waals surface area (Å²) in [6, 6.07) is 11.1. The van der Waals surface area contributed by atoms with Crippen LogP contribution < -0.4 is 16.0 Å². The number of aromatic nitrogens is 2. The van der Waals surface area contributed by atoms with Crippen molar-refractivity contribution in [3.63, 3.8) is 0 Å². The third kappa shape index (κ3) is 5.12. The molecule has 2 aromatic carbocycles. The van der Waals surface area contributed by atoms with Crippen LogP contribution >= 0.6 is 0 Å². The van der Waals surface area contributed by atoms with E-state index in [1.54, 1.807) is 6.07 Å². The quantitative estimate of drug-likeness (QED) is 0.214. The van der Waals surface area contributed by atoms with Gasteiger partial charge in [0.25, 0.3) is 5.69 Å². The molecule has 4 N–H and O–H groups in total. The van der Waals surface area contributed by atoms with Crippen LogP contribution in [0.4, 0.5) is 22.9 Å². The Hall–Kier alpha value is -3.46. The van der Waals surface area contributed by atoms with E-state index < -0.39 is 4.92 Å². The fourth-order valence-electron chi connectivity index (χ4n) is 3.20. The summed E-state index contributed by atoms with van der Waals surface area (Å²) in [5.74, 6) is 0.543. The van der Waals surface area contributed by atoms with Crippen molar-refractivity contribution < 1.29 is 10.0 Å². The lowest BCUT2D eigenvalue weighted by molar-refractivity contribution is -0.383. The molecule has 0 saturated heterocycles. The zero-order chi connectivity index (χ0) is 21.3. The fraction of sp³-hybridized carbons (Fsp3) is 0.333. The Balaban J connectivity index is 1.83. The number of nitrogens with one attached hydrogen (secondary N) is 3. The zero-order valence-electron chi connectivity index (χ0n) is 16.9. The van der Waals surface area contributed by atoms with E-state index >= 15 is 0 Å². The normalized spacial score (nSPS) is 10.7. The van der Waals surface area contributed by atoms with E-state index in [9.17, 15) is 10.1 Å². The van der Waals surface area contributed by atoms with Crippen molar-refractivity contribution in [2.75, 3.05) is 35.6 Å². The largest absolute Gasteiger partial charge is 0.396 e. The van der Waals surface area contributed by atoms with Crippen LogP contribution in [0.25, 0.3) is 10.9 Å². The minimum atomic E-state index is -0.403. The Morgan fingerprint density at radius 2 is 1.90 bits per heavy atom. The minimum Gasteiger partial charge on any atom is -0.396 e. The molecule has 1 heterocycles. The number of benzene rings is 2. The molecule has 30 heavy (non-hydrogen) atoms. The zero-order valence-corrected chi connectivity index (χ0v) is 16.9. The number of unbranched alkanes of at least 4 members (excludes halogenated alkanes) is 1. The van der Waals surface area contributed by atoms with Crippen molar-refractivity contribution in [1.82, 2.24) is 9.97 Å². The van der Waals surface area contributed by atoms with E-state index in [0.717, 1.165) is 30.6 Å². The molecule has 0 aliphatic heterocycles. The van der Waals surface area contributed by atoms with Crippen molar-refractivity contribution in [2.45, 2.75) is 26.3 Å². The molecule has 0 aliphatic rings. The number of nitro groups is 1. The molecule has 0 bridgehead atoms. The van der Waals surface area contributed by atoms with Crippen LogP contribution in [0.2, 0.25) is 0 Å². The molecule has 9 heteroatoms. The predicted molar refractivity (Wildman–Crippen MR) is 119 cm³/mol. The number of nitrogens with zero attached hydrogens (tertiary/aromatic N) is 3. The van der Waals surface area contributed by atoms with Crippen molar-refractivity contribution >= 4 is 33.8 Å². The highest BCUT2D eigenvalue weighted by Gasteiger charge is 2.17. The van der Waals surface area contributed by atoms with Gasteiger partial charge in [0, 0.05) is 43.4 Å². The molecule has 0 radical (unpaired) electrons. The van der Waals surface area contributed by atoms with Gasteiger partial charge in [0.05, 0.1) is 10.4 Å². The third-order valence-electron chi connectivity index (χ3n) is 4.68. The highest BCUT2D eigenvalue weighted by molar-refractivity contribution is 5.94. The second kappa shape index (κ2) is 10.4. The number of anilines is 3. The lowest BCUT2D eigenvalue weighted by atomic mass is 10.1. The first-order valence-corrected chi connectivity index (χ1v) is 9.97. The van der Waals surface area contributed by atoms with Crippen LogP contribution in [-0.2, 0) is 6.54 Å². The van der Waals surface area contributed by atoms with E-state index in [-0.39, 0.29) is 12.3 Å². The first-order valence-electron chi connectivity index (χ1n) is 9.97. The molecule has 1 aromatic heterocycles. The first-order chi connectivity index (χ1) is 14.6. The number of nitro benzene ring substituents is 1. The van der Waals surface area contributed by atoms with Crippen LogP contribution in [0, 0.1) is 10.1 Å². The first kappa shape index (κ1) is 21.3. The monoisotopic (exact) mass is 410 g/mol. The van der Waals surface area contributed by atoms with Crippen LogP contribution in [0.3, 0.4) is 0 Å². The van der Waals surface area contributed by atoms with Gasteiger partial charge in [-0.3, -0.25) is 10.1 Å². The van der Waals surface area contributed by atoms with Crippen LogP contribution in [0.1, 0.15) is 25.3 Å². The van der Waals surface area contributed by atoms with Crippen LogP contribution in [-0.4, -0.2) is 39.7 Å². The highest BCUT2D eigenvalue weighted by Crippen LogP contribution is 2.32. The maximum absolute atomic E-state index is 11.5. The number of hydrogen-bond donors (Lipinski definition) is 4. The number of aliphatic hydroxyl groups excluding tert-OH is 1. The molecular weight excluding hydrogens is 384 g/mol. The molecule has 0 fully saturated rings. The summed E-state index contributed by atoms with van der Waals surface area (Å²) >= 11 is 0. The Morgan fingerprint density at radius 3 is 2.67 bits per heavy atom. The average molecular weight is 410 g/mol. The summed E-state index contributed by atoms with van der Waals surface area (Å²) in [7, 11) is 0. The molecule has 0 unspecified atom stereocenters. The van der Waals surface area contributed by atoms with Crippen LogP contribution in [0.15, 0.2) is 42.7 Å². The second-order valence-corrected chi connectivity index (χ2v) is 6.76. The van der Waals surface area contributed by atoms with Gasteiger partial charge in [-0.15, -0.1) is 0 Å². The van der Waals surface area contributed by atoms with E-state index in [0.29, 0.717) is 35.5 Å². The van der Waals surface area contributed by atoms with E-state index in [2.05, 4.69) is 25.9 Å². The van der Waals surface area contributed by atoms with Gasteiger partial charge < -0.3 is 21.1 Å². The summed E-state index contributed by atoms with van der Waals surface area (Å²) in [6.07, 6.45) is 3.09. The van der Waals surface area contributed by atoms with E-state index in [1.165, 1.54) is 12.4 Å². The molecule has 158 valence electrons. The van der Waals surface area contributed by atoms with Gasteiger partial charge in [-0.05, 0) is 37.5 Å². The van der Waals surface area contributed by atoms with E-state index in [1.807, 2.05) is 31.2 Å². The number of hydrogen-bond acceptors (Lipinski definition) is 8. The lowest BCUT2D eigenvalue weighted by Gasteiger charge is -2.14. The fourth-order valence-corrected chi connectivity index (χ4v) is 3.20. The molecule has 0 saturated carbocycles. The summed E-state index contributed by atoms with van der Waals surface area (Å²) in [6.45, 7) is 3.92. The van der Waals surface area contributed by atoms with Crippen molar-refractivity contribution in [3.05, 3.63) is 58.4 Å². The van der Waals surface area contributed by atoms with Gasteiger partial charge in [0.1, 0.15) is 17.8 Å². The molecule has 0 spiro atoms. The molecule has 0 aliphatic carbocycles. The smallest absolute Gasteiger partial charge is 0.293 e. The van der Waals surface area contributed by atoms with Gasteiger partial charge in [-0.25, -0.2) is 9.97 Å². The second-order valence-electron chi connectivity index (χ2n) is 6.76. The van der Waals surface area contributed by atoms with Crippen molar-refractivity contribution in [2.24, 2.45) is 0 Å². The topological polar surface area (TPSA) is 125 Å². The van der Waals surface area contributed by atoms with Gasteiger partial charge in [-0.2, -0.15) is 0 Å². The summed E-state index contributed by atoms with van der Waals surface area (Å²) in [5, 5.41) is 30.7. The summed E-state index contributed by atoms with van der Waals surface area (Å²) < 4.78 is 0. The highest BCUT2D eigenvalue weighted by atomic mass is 16.6. The Labute approximate surface area is 174 Å². The maximum Gasteiger partial charge on any atom is 0.293 e. The Kier molecular flexibility index (Phi) is 7.34. The number of fused-ring (bicyclic) bond motifs is 1. The summed E-state index contributed by atoms with van der Waals surface area (Å²) in [4.78, 5) is 19.7. The molecule has 9 nitrogen and oxygen atoms in total. The molecule has 3 aromatic rings. The van der Waals surface area contributed by atoms with Gasteiger partial charge in [-0.1, -0.05) is 18.2 Å². The molecule has 3 rings (SSSR count). The molecular formula is C21H26N6O3. The maximum atomic E-state index is 11.5. The van der Waals surface area contributed by atoms with Crippen molar-refractivity contribution in [1.29, 1.82) is 0 Å². The molecule has 0 atom stereocenters. The third-order valence-corrected chi connectivity index (χ3v) is 4.68. The van der Waals surface area contributed by atoms with Gasteiger partial charge in [0.2, 0.25) is 0 Å². The number of para-hydroxylation sites is 1. The summed E-state index contributed by atoms with van der Waals surface area (Å²) in [5.41, 5.74) is 3.11. The average Bonchev–Trinajstić information content (AvgIpc) is 2.75. The predicted octanol–water partition coefficient (Wildman–Crippen LogP) is 3.77. The Bertz CT molecular complexity index is 1010. The van der Waals surface area contributed by atoms with Gasteiger partial charge in [0.15, 0.2) is 0 Å². The van der Waals surface area contributed by atoms with Crippen LogP contribution in [0.5, 0.6) is 0 Å². The standard InChI is InChI=1S/C21H26N6O3/c1-2-22-19-12-18-16(11-20(19)27(29)30)21(26-14-25-18)24-13-15-7-3-4-8-17(15)23-9-5-6-10-28/h3-4,7-8,11-12,14,22-23,28H,2,5-6,9-10,13H2,1H3,(H,24,25,26). The molecule has 0 amide bonds. The minimum absolute atomic E-state index is 0.00634. The van der Waals surface area contributed by atoms with Crippen molar-refractivity contribution in [3.8, 4) is 0 Å². The van der Waals surface area contributed by atoms with Gasteiger partial charge >= 0.3 is 0 Å². The number of aliphatic hydroxyl groups is 1. The lowest BCUT2D eigenvalue weighted by Crippen LogP contribution is -2.09. The number of rotatable bonds is 11. The van der Waals surface area contributed by atoms with E-state index in [4.69, 9.17) is 5.11 Å².